The number of aromatic nitrogens is 1. The van der Waals surface area contributed by atoms with Gasteiger partial charge >= 0.3 is 0 Å². The molecule has 3 aromatic rings. The monoisotopic (exact) mass is 512 g/mol. The number of unbranched alkanes of at least 4 members (excludes halogenated alkanes) is 2. The quantitative estimate of drug-likeness (QED) is 0.223. The third kappa shape index (κ3) is 5.97. The molecule has 1 unspecified atom stereocenters. The highest BCUT2D eigenvalue weighted by molar-refractivity contribution is 7.91. The van der Waals surface area contributed by atoms with Crippen LogP contribution in [0, 0.1) is 6.92 Å². The van der Waals surface area contributed by atoms with Gasteiger partial charge < -0.3 is 9.30 Å². The Bertz CT molecular complexity index is 1240. The minimum Gasteiger partial charge on any atom is -0.475 e. The molecule has 6 heteroatoms. The van der Waals surface area contributed by atoms with Crippen molar-refractivity contribution in [3.63, 3.8) is 0 Å². The number of sulfone groups is 1. The number of nitrogens with zero attached hydrogens (tertiary/aromatic N) is 2. The van der Waals surface area contributed by atoms with E-state index in [2.05, 4.69) is 31.7 Å². The smallest absolute Gasteiger partial charge is 0.209 e. The van der Waals surface area contributed by atoms with Crippen molar-refractivity contribution >= 4 is 20.7 Å². The SMILES string of the molecule is CCCCN(CCCC)C(CC)Oc1ccc(S(=O)(=O)c2c(C(C)C)n(C)c3cc(C)ccc23)cc1. The van der Waals surface area contributed by atoms with Crippen molar-refractivity contribution in [3.8, 4) is 5.75 Å². The molecule has 0 fully saturated rings. The summed E-state index contributed by atoms with van der Waals surface area (Å²) in [4.78, 5) is 3.14. The van der Waals surface area contributed by atoms with E-state index in [1.54, 1.807) is 24.3 Å². The lowest BCUT2D eigenvalue weighted by Crippen LogP contribution is -2.40. The molecule has 0 aliphatic heterocycles. The van der Waals surface area contributed by atoms with Crippen molar-refractivity contribution in [2.45, 2.75) is 95.6 Å². The van der Waals surface area contributed by atoms with Crippen LogP contribution in [0.5, 0.6) is 5.75 Å². The van der Waals surface area contributed by atoms with E-state index < -0.39 is 9.84 Å². The molecule has 2 aromatic carbocycles. The van der Waals surface area contributed by atoms with Gasteiger partial charge in [0.15, 0.2) is 6.23 Å². The second-order valence-electron chi connectivity index (χ2n) is 10.1. The molecule has 0 radical (unpaired) electrons. The number of rotatable bonds is 13. The second kappa shape index (κ2) is 12.3. The van der Waals surface area contributed by atoms with Crippen LogP contribution in [-0.4, -0.2) is 37.2 Å². The van der Waals surface area contributed by atoms with Gasteiger partial charge in [0.05, 0.1) is 4.90 Å². The summed E-state index contributed by atoms with van der Waals surface area (Å²) < 4.78 is 36.3. The van der Waals surface area contributed by atoms with Gasteiger partial charge in [0.1, 0.15) is 10.6 Å². The lowest BCUT2D eigenvalue weighted by molar-refractivity contribution is 0.0202. The van der Waals surface area contributed by atoms with Crippen molar-refractivity contribution in [2.75, 3.05) is 13.1 Å². The van der Waals surface area contributed by atoms with Crippen molar-refractivity contribution in [1.82, 2.24) is 9.47 Å². The number of aryl methyl sites for hydroxylation is 2. The number of hydrogen-bond donors (Lipinski definition) is 0. The molecular weight excluding hydrogens is 468 g/mol. The summed E-state index contributed by atoms with van der Waals surface area (Å²) >= 11 is 0. The lowest BCUT2D eigenvalue weighted by Gasteiger charge is -2.31. The summed E-state index contributed by atoms with van der Waals surface area (Å²) in [5.74, 6) is 0.772. The first-order valence-electron chi connectivity index (χ1n) is 13.5. The summed E-state index contributed by atoms with van der Waals surface area (Å²) in [7, 11) is -1.75. The zero-order valence-corrected chi connectivity index (χ0v) is 24.0. The Kier molecular flexibility index (Phi) is 9.65. The number of ether oxygens (including phenoxy) is 1. The summed E-state index contributed by atoms with van der Waals surface area (Å²) in [6.07, 6.45) is 5.45. The maximum absolute atomic E-state index is 13.9. The van der Waals surface area contributed by atoms with E-state index in [1.165, 1.54) is 0 Å². The Labute approximate surface area is 218 Å². The first-order valence-corrected chi connectivity index (χ1v) is 15.0. The minimum absolute atomic E-state index is 0.0144. The molecule has 0 N–H and O–H groups in total. The van der Waals surface area contributed by atoms with Crippen LogP contribution in [0.25, 0.3) is 10.9 Å². The van der Waals surface area contributed by atoms with E-state index in [4.69, 9.17) is 4.74 Å². The Morgan fingerprint density at radius 3 is 2.08 bits per heavy atom. The number of benzene rings is 2. The average Bonchev–Trinajstić information content (AvgIpc) is 3.16. The van der Waals surface area contributed by atoms with Gasteiger partial charge in [-0.2, -0.15) is 0 Å². The van der Waals surface area contributed by atoms with Crippen LogP contribution in [0.3, 0.4) is 0 Å². The first kappa shape index (κ1) is 28.3. The maximum atomic E-state index is 13.9. The molecule has 1 aromatic heterocycles. The molecule has 1 atom stereocenters. The minimum atomic E-state index is -3.71. The van der Waals surface area contributed by atoms with Crippen LogP contribution in [-0.2, 0) is 16.9 Å². The van der Waals surface area contributed by atoms with Gasteiger partial charge in [-0.1, -0.05) is 59.6 Å². The van der Waals surface area contributed by atoms with Gasteiger partial charge in [-0.05, 0) is 68.0 Å². The fourth-order valence-corrected chi connectivity index (χ4v) is 6.81. The Morgan fingerprint density at radius 2 is 1.56 bits per heavy atom. The molecule has 198 valence electrons. The maximum Gasteiger partial charge on any atom is 0.209 e. The van der Waals surface area contributed by atoms with Gasteiger partial charge in [0.2, 0.25) is 9.84 Å². The highest BCUT2D eigenvalue weighted by Gasteiger charge is 2.29. The molecule has 0 aliphatic carbocycles. The highest BCUT2D eigenvalue weighted by atomic mass is 32.2. The van der Waals surface area contributed by atoms with Crippen LogP contribution < -0.4 is 4.74 Å². The predicted octanol–water partition coefficient (Wildman–Crippen LogP) is 7.46. The van der Waals surface area contributed by atoms with Gasteiger partial charge in [0, 0.05) is 36.7 Å². The molecule has 36 heavy (non-hydrogen) atoms. The van der Waals surface area contributed by atoms with E-state index in [-0.39, 0.29) is 12.1 Å². The van der Waals surface area contributed by atoms with Crippen LogP contribution in [0.2, 0.25) is 0 Å². The van der Waals surface area contributed by atoms with Crippen LogP contribution >= 0.6 is 0 Å². The second-order valence-corrected chi connectivity index (χ2v) is 12.0. The summed E-state index contributed by atoms with van der Waals surface area (Å²) in [6, 6.07) is 13.0. The summed E-state index contributed by atoms with van der Waals surface area (Å²) in [6.45, 7) is 14.7. The van der Waals surface area contributed by atoms with Crippen molar-refractivity contribution in [3.05, 3.63) is 53.7 Å². The summed E-state index contributed by atoms with van der Waals surface area (Å²) in [5.41, 5.74) is 2.90. The third-order valence-corrected chi connectivity index (χ3v) is 8.79. The number of hydrogen-bond acceptors (Lipinski definition) is 4. The van der Waals surface area contributed by atoms with E-state index >= 15 is 0 Å². The fourth-order valence-electron chi connectivity index (χ4n) is 4.97. The molecule has 0 saturated carbocycles. The van der Waals surface area contributed by atoms with E-state index in [9.17, 15) is 8.42 Å². The van der Waals surface area contributed by atoms with Gasteiger partial charge in [-0.3, -0.25) is 4.90 Å². The molecule has 5 nitrogen and oxygen atoms in total. The molecule has 3 rings (SSSR count). The van der Waals surface area contributed by atoms with E-state index in [0.717, 1.165) is 67.4 Å². The standard InChI is InChI=1S/C30H44N2O3S/c1-8-11-19-32(20-12-9-2)28(10-3)35-24-14-16-25(17-15-24)36(33,34)30-26-18-13-23(6)21-27(26)31(7)29(30)22(4)5/h13-18,21-22,28H,8-12,19-20H2,1-7H3. The lowest BCUT2D eigenvalue weighted by atomic mass is 10.1. The van der Waals surface area contributed by atoms with Crippen LogP contribution in [0.4, 0.5) is 0 Å². The van der Waals surface area contributed by atoms with Crippen molar-refractivity contribution in [2.24, 2.45) is 7.05 Å². The highest BCUT2D eigenvalue weighted by Crippen LogP contribution is 2.38. The zero-order valence-electron chi connectivity index (χ0n) is 23.2. The molecule has 1 heterocycles. The molecular formula is C30H44N2O3S. The Balaban J connectivity index is 1.94. The van der Waals surface area contributed by atoms with Crippen LogP contribution in [0.1, 0.15) is 83.9 Å². The third-order valence-electron chi connectivity index (χ3n) is 6.93. The molecule has 0 aliphatic rings. The van der Waals surface area contributed by atoms with Gasteiger partial charge in [-0.25, -0.2) is 8.42 Å². The summed E-state index contributed by atoms with van der Waals surface area (Å²) in [5, 5.41) is 0.778. The van der Waals surface area contributed by atoms with E-state index in [0.29, 0.717) is 15.5 Å². The molecule has 0 spiro atoms. The Hall–Kier alpha value is -2.31. The van der Waals surface area contributed by atoms with Crippen molar-refractivity contribution < 1.29 is 13.2 Å². The fraction of sp³-hybridized carbons (Fsp3) is 0.533. The molecule has 0 saturated heterocycles. The van der Waals surface area contributed by atoms with Gasteiger partial charge in [-0.15, -0.1) is 0 Å². The molecule has 0 bridgehead atoms. The molecule has 0 amide bonds. The van der Waals surface area contributed by atoms with Crippen molar-refractivity contribution in [1.29, 1.82) is 0 Å². The Morgan fingerprint density at radius 1 is 0.944 bits per heavy atom. The van der Waals surface area contributed by atoms with E-state index in [1.807, 2.05) is 44.5 Å². The number of fused-ring (bicyclic) bond motifs is 1. The first-order chi connectivity index (χ1) is 17.1. The van der Waals surface area contributed by atoms with Crippen LogP contribution in [0.15, 0.2) is 52.3 Å². The normalized spacial score (nSPS) is 13.1. The topological polar surface area (TPSA) is 51.5 Å². The largest absolute Gasteiger partial charge is 0.475 e. The van der Waals surface area contributed by atoms with Gasteiger partial charge in [0.25, 0.3) is 0 Å². The predicted molar refractivity (Wildman–Crippen MR) is 150 cm³/mol. The average molecular weight is 513 g/mol. The zero-order chi connectivity index (χ0) is 26.5.